The van der Waals surface area contributed by atoms with Crippen LogP contribution in [0, 0.1) is 0 Å². The fourth-order valence-corrected chi connectivity index (χ4v) is 3.94. The van der Waals surface area contributed by atoms with Gasteiger partial charge in [-0.3, -0.25) is 19.2 Å². The fourth-order valence-electron chi connectivity index (χ4n) is 3.73. The molecule has 1 aliphatic heterocycles. The van der Waals surface area contributed by atoms with Crippen LogP contribution in [0.25, 0.3) is 0 Å². The number of anilines is 3. The Kier molecular flexibility index (Phi) is 6.80. The van der Waals surface area contributed by atoms with Crippen LogP contribution in [-0.4, -0.2) is 23.5 Å². The molecule has 0 atom stereocenters. The third-order valence-electron chi connectivity index (χ3n) is 5.58. The molecule has 3 amide bonds. The van der Waals surface area contributed by atoms with Crippen LogP contribution < -0.4 is 15.5 Å². The summed E-state index contributed by atoms with van der Waals surface area (Å²) in [6, 6.07) is 20.2. The van der Waals surface area contributed by atoms with Gasteiger partial charge in [0.1, 0.15) is 10.7 Å². The molecule has 2 N–H and O–H groups in total. The average molecular weight is 488 g/mol. The van der Waals surface area contributed by atoms with Gasteiger partial charge in [0.15, 0.2) is 5.78 Å². The van der Waals surface area contributed by atoms with E-state index in [1.54, 1.807) is 60.7 Å². The van der Waals surface area contributed by atoms with Gasteiger partial charge in [0.25, 0.3) is 17.7 Å². The number of imide groups is 1. The number of nitrogens with one attached hydrogen (secondary N) is 2. The van der Waals surface area contributed by atoms with Crippen molar-refractivity contribution in [3.8, 4) is 0 Å². The van der Waals surface area contributed by atoms with Crippen molar-refractivity contribution in [3.63, 3.8) is 0 Å². The van der Waals surface area contributed by atoms with Crippen LogP contribution in [-0.2, 0) is 16.0 Å². The molecule has 0 saturated heterocycles. The third-order valence-corrected chi connectivity index (χ3v) is 5.93. The number of rotatable bonds is 7. The van der Waals surface area contributed by atoms with Crippen molar-refractivity contribution < 1.29 is 19.2 Å². The van der Waals surface area contributed by atoms with E-state index in [-0.39, 0.29) is 22.4 Å². The van der Waals surface area contributed by atoms with Crippen molar-refractivity contribution in [1.82, 2.24) is 0 Å². The van der Waals surface area contributed by atoms with Crippen molar-refractivity contribution in [3.05, 3.63) is 100 Å². The molecule has 3 aromatic carbocycles. The first kappa shape index (κ1) is 23.9. The van der Waals surface area contributed by atoms with E-state index >= 15 is 0 Å². The minimum atomic E-state index is -0.594. The molecule has 7 nitrogen and oxygen atoms in total. The van der Waals surface area contributed by atoms with Crippen molar-refractivity contribution in [2.75, 3.05) is 15.5 Å². The standard InChI is InChI=1S/C27H22ClN3O4/c1-3-17-7-4-5-10-22(17)31-26(34)23(28)24(27(31)35)29-20-13-11-18(12-14-20)25(33)30-21-9-6-8-19(15-21)16(2)32/h4-15,29H,3H2,1-2H3,(H,30,33). The Hall–Kier alpha value is -4.23. The van der Waals surface area contributed by atoms with Crippen LogP contribution in [0.2, 0.25) is 0 Å². The summed E-state index contributed by atoms with van der Waals surface area (Å²) in [6.07, 6.45) is 0.649. The van der Waals surface area contributed by atoms with Gasteiger partial charge in [-0.15, -0.1) is 0 Å². The number of halogens is 1. The highest BCUT2D eigenvalue weighted by molar-refractivity contribution is 6.53. The van der Waals surface area contributed by atoms with Gasteiger partial charge >= 0.3 is 0 Å². The molecule has 1 aliphatic rings. The Morgan fingerprint density at radius 1 is 0.857 bits per heavy atom. The van der Waals surface area contributed by atoms with Crippen LogP contribution in [0.4, 0.5) is 17.1 Å². The number of hydrogen-bond donors (Lipinski definition) is 2. The Labute approximate surface area is 207 Å². The average Bonchev–Trinajstić information content (AvgIpc) is 3.07. The van der Waals surface area contributed by atoms with Gasteiger partial charge < -0.3 is 10.6 Å². The molecule has 8 heteroatoms. The number of nitrogens with zero attached hydrogens (tertiary/aromatic N) is 1. The Bertz CT molecular complexity index is 1380. The second-order valence-corrected chi connectivity index (χ2v) is 8.29. The SMILES string of the molecule is CCc1ccccc1N1C(=O)C(Cl)=C(Nc2ccc(C(=O)Nc3cccc(C(C)=O)c3)cc2)C1=O. The molecule has 0 fully saturated rings. The maximum atomic E-state index is 13.1. The van der Waals surface area contributed by atoms with Crippen LogP contribution in [0.3, 0.4) is 0 Å². The van der Waals surface area contributed by atoms with Crippen LogP contribution in [0.5, 0.6) is 0 Å². The van der Waals surface area contributed by atoms with E-state index in [0.29, 0.717) is 34.6 Å². The predicted molar refractivity (Wildman–Crippen MR) is 136 cm³/mol. The number of amides is 3. The van der Waals surface area contributed by atoms with E-state index < -0.39 is 11.8 Å². The van der Waals surface area contributed by atoms with E-state index in [2.05, 4.69) is 10.6 Å². The highest BCUT2D eigenvalue weighted by Gasteiger charge is 2.39. The van der Waals surface area contributed by atoms with Crippen LogP contribution in [0.15, 0.2) is 83.5 Å². The maximum Gasteiger partial charge on any atom is 0.283 e. The molecule has 0 bridgehead atoms. The van der Waals surface area contributed by atoms with Crippen molar-refractivity contribution in [2.45, 2.75) is 20.3 Å². The number of ketones is 1. The van der Waals surface area contributed by atoms with Gasteiger partial charge in [0.05, 0.1) is 5.69 Å². The highest BCUT2D eigenvalue weighted by Crippen LogP contribution is 2.32. The smallest absolute Gasteiger partial charge is 0.283 e. The third kappa shape index (κ3) is 4.85. The molecule has 0 aromatic heterocycles. The molecule has 1 heterocycles. The molecule has 0 unspecified atom stereocenters. The summed E-state index contributed by atoms with van der Waals surface area (Å²) < 4.78 is 0. The van der Waals surface area contributed by atoms with Gasteiger partial charge in [-0.2, -0.15) is 0 Å². The van der Waals surface area contributed by atoms with Gasteiger partial charge in [-0.05, 0) is 61.4 Å². The molecule has 35 heavy (non-hydrogen) atoms. The quantitative estimate of drug-likeness (QED) is 0.355. The second kappa shape index (κ2) is 9.95. The maximum absolute atomic E-state index is 13.1. The summed E-state index contributed by atoms with van der Waals surface area (Å²) in [5.74, 6) is -1.60. The van der Waals surface area contributed by atoms with E-state index in [4.69, 9.17) is 11.6 Å². The normalized spacial score (nSPS) is 13.3. The van der Waals surface area contributed by atoms with Gasteiger partial charge in [0, 0.05) is 22.5 Å². The zero-order valence-corrected chi connectivity index (χ0v) is 19.8. The van der Waals surface area contributed by atoms with E-state index in [1.165, 1.54) is 6.92 Å². The Morgan fingerprint density at radius 2 is 1.57 bits per heavy atom. The summed E-state index contributed by atoms with van der Waals surface area (Å²) >= 11 is 6.24. The monoisotopic (exact) mass is 487 g/mol. The van der Waals surface area contributed by atoms with Crippen LogP contribution >= 0.6 is 11.6 Å². The van der Waals surface area contributed by atoms with E-state index in [9.17, 15) is 19.2 Å². The topological polar surface area (TPSA) is 95.6 Å². The highest BCUT2D eigenvalue weighted by atomic mass is 35.5. The lowest BCUT2D eigenvalue weighted by Gasteiger charge is -2.18. The second-order valence-electron chi connectivity index (χ2n) is 7.91. The number of Topliss-reactive ketones (excluding diaryl/α,β-unsaturated/α-hetero) is 1. The van der Waals surface area contributed by atoms with E-state index in [1.807, 2.05) is 19.1 Å². The zero-order valence-electron chi connectivity index (χ0n) is 19.1. The molecular formula is C27H22ClN3O4. The van der Waals surface area contributed by atoms with Crippen molar-refractivity contribution >= 4 is 52.2 Å². The molecule has 0 radical (unpaired) electrons. The Morgan fingerprint density at radius 3 is 2.26 bits per heavy atom. The zero-order chi connectivity index (χ0) is 25.1. The number of benzene rings is 3. The first-order valence-electron chi connectivity index (χ1n) is 11.0. The number of para-hydroxylation sites is 1. The van der Waals surface area contributed by atoms with E-state index in [0.717, 1.165) is 10.5 Å². The van der Waals surface area contributed by atoms with Crippen molar-refractivity contribution in [1.29, 1.82) is 0 Å². The molecule has 4 rings (SSSR count). The lowest BCUT2D eigenvalue weighted by atomic mass is 10.1. The van der Waals surface area contributed by atoms with Gasteiger partial charge in [0.2, 0.25) is 0 Å². The first-order chi connectivity index (χ1) is 16.8. The molecule has 176 valence electrons. The molecule has 0 spiro atoms. The lowest BCUT2D eigenvalue weighted by Crippen LogP contribution is -2.33. The minimum absolute atomic E-state index is 0.0270. The Balaban J connectivity index is 1.49. The lowest BCUT2D eigenvalue weighted by molar-refractivity contribution is -0.120. The summed E-state index contributed by atoms with van der Waals surface area (Å²) in [4.78, 5) is 51.1. The minimum Gasteiger partial charge on any atom is -0.350 e. The summed E-state index contributed by atoms with van der Waals surface area (Å²) in [5.41, 5.74) is 3.19. The first-order valence-corrected chi connectivity index (χ1v) is 11.3. The number of carbonyl (C=O) groups excluding carboxylic acids is 4. The van der Waals surface area contributed by atoms with Gasteiger partial charge in [-0.1, -0.05) is 48.9 Å². The fraction of sp³-hybridized carbons (Fsp3) is 0.111. The van der Waals surface area contributed by atoms with Crippen LogP contribution in [0.1, 0.15) is 40.1 Å². The summed E-state index contributed by atoms with van der Waals surface area (Å²) in [5, 5.41) is 5.46. The number of hydrogen-bond acceptors (Lipinski definition) is 5. The number of carbonyl (C=O) groups is 4. The molecular weight excluding hydrogens is 466 g/mol. The molecule has 0 saturated carbocycles. The summed E-state index contributed by atoms with van der Waals surface area (Å²) in [6.45, 7) is 3.40. The molecule has 0 aliphatic carbocycles. The van der Waals surface area contributed by atoms with Crippen molar-refractivity contribution in [2.24, 2.45) is 0 Å². The summed E-state index contributed by atoms with van der Waals surface area (Å²) in [7, 11) is 0. The predicted octanol–water partition coefficient (Wildman–Crippen LogP) is 5.14. The molecule has 3 aromatic rings. The largest absolute Gasteiger partial charge is 0.350 e. The van der Waals surface area contributed by atoms with Gasteiger partial charge in [-0.25, -0.2) is 4.90 Å². The number of aryl methyl sites for hydroxylation is 1.